The number of rotatable bonds is 3. The van der Waals surface area contributed by atoms with Gasteiger partial charge in [0.1, 0.15) is 5.82 Å². The minimum atomic E-state index is 0.474. The Morgan fingerprint density at radius 3 is 2.56 bits per heavy atom. The number of anilines is 1. The van der Waals surface area contributed by atoms with Crippen molar-refractivity contribution in [1.82, 2.24) is 9.97 Å². The average Bonchev–Trinajstić information content (AvgIpc) is 2.41. The number of aryl methyl sites for hydroxylation is 1. The van der Waals surface area contributed by atoms with E-state index in [1.807, 2.05) is 13.0 Å². The molecule has 0 saturated carbocycles. The summed E-state index contributed by atoms with van der Waals surface area (Å²) in [7, 11) is 0. The molecule has 0 amide bonds. The van der Waals surface area contributed by atoms with Crippen LogP contribution in [0.4, 0.5) is 5.82 Å². The fraction of sp³-hybridized carbons (Fsp3) is 0.167. The number of hydrazine groups is 1. The zero-order chi connectivity index (χ0) is 13.1. The van der Waals surface area contributed by atoms with Gasteiger partial charge >= 0.3 is 0 Å². The number of nitrogens with two attached hydrogens (primary N) is 1. The lowest BCUT2D eigenvalue weighted by molar-refractivity contribution is 1.00. The second-order valence-corrected chi connectivity index (χ2v) is 4.51. The van der Waals surface area contributed by atoms with Crippen LogP contribution in [0.1, 0.15) is 12.6 Å². The largest absolute Gasteiger partial charge is 0.308 e. The van der Waals surface area contributed by atoms with Crippen LogP contribution >= 0.6 is 23.2 Å². The first kappa shape index (κ1) is 13.1. The van der Waals surface area contributed by atoms with Crippen molar-refractivity contribution in [2.45, 2.75) is 13.3 Å². The quantitative estimate of drug-likeness (QED) is 0.670. The first-order valence-electron chi connectivity index (χ1n) is 5.44. The van der Waals surface area contributed by atoms with Crippen molar-refractivity contribution in [3.8, 4) is 11.4 Å². The molecule has 0 radical (unpaired) electrons. The Morgan fingerprint density at radius 1 is 1.17 bits per heavy atom. The topological polar surface area (TPSA) is 63.8 Å². The first-order valence-corrected chi connectivity index (χ1v) is 6.19. The second-order valence-electron chi connectivity index (χ2n) is 3.69. The van der Waals surface area contributed by atoms with Gasteiger partial charge in [-0.25, -0.2) is 15.8 Å². The Labute approximate surface area is 115 Å². The van der Waals surface area contributed by atoms with Gasteiger partial charge in [0.05, 0.1) is 10.0 Å². The summed E-state index contributed by atoms with van der Waals surface area (Å²) < 4.78 is 0. The molecule has 3 N–H and O–H groups in total. The molecule has 0 unspecified atom stereocenters. The standard InChI is InChI=1S/C12H12Cl2N4/c1-2-8-6-11(18-15)17-12(16-8)7-3-4-9(13)10(14)5-7/h3-6H,2,15H2,1H3,(H,16,17,18). The third-order valence-electron chi connectivity index (χ3n) is 2.47. The highest BCUT2D eigenvalue weighted by atomic mass is 35.5. The monoisotopic (exact) mass is 282 g/mol. The molecule has 0 aliphatic heterocycles. The van der Waals surface area contributed by atoms with Crippen LogP contribution in [0.5, 0.6) is 0 Å². The van der Waals surface area contributed by atoms with E-state index in [0.29, 0.717) is 21.7 Å². The summed E-state index contributed by atoms with van der Waals surface area (Å²) in [5, 5.41) is 0.978. The Hall–Kier alpha value is -1.36. The van der Waals surface area contributed by atoms with E-state index >= 15 is 0 Å². The van der Waals surface area contributed by atoms with Crippen molar-refractivity contribution < 1.29 is 0 Å². The van der Waals surface area contributed by atoms with Gasteiger partial charge in [0.15, 0.2) is 5.82 Å². The molecule has 0 bridgehead atoms. The Balaban J connectivity index is 2.51. The fourth-order valence-corrected chi connectivity index (χ4v) is 1.81. The van der Waals surface area contributed by atoms with E-state index in [9.17, 15) is 0 Å². The minimum absolute atomic E-state index is 0.474. The van der Waals surface area contributed by atoms with Crippen LogP contribution in [0, 0.1) is 0 Å². The average molecular weight is 283 g/mol. The van der Waals surface area contributed by atoms with Crippen molar-refractivity contribution in [3.63, 3.8) is 0 Å². The molecule has 6 heteroatoms. The molecule has 94 valence electrons. The van der Waals surface area contributed by atoms with Gasteiger partial charge in [-0.05, 0) is 24.6 Å². The smallest absolute Gasteiger partial charge is 0.161 e. The minimum Gasteiger partial charge on any atom is -0.308 e. The lowest BCUT2D eigenvalue weighted by Crippen LogP contribution is -2.10. The van der Waals surface area contributed by atoms with Gasteiger partial charge in [-0.3, -0.25) is 0 Å². The van der Waals surface area contributed by atoms with Gasteiger partial charge in [-0.1, -0.05) is 30.1 Å². The van der Waals surface area contributed by atoms with E-state index in [0.717, 1.165) is 17.7 Å². The molecule has 0 spiro atoms. The Bertz CT molecular complexity index is 550. The zero-order valence-corrected chi connectivity index (χ0v) is 11.3. The van der Waals surface area contributed by atoms with Crippen LogP contribution in [0.2, 0.25) is 10.0 Å². The third kappa shape index (κ3) is 2.72. The van der Waals surface area contributed by atoms with E-state index in [-0.39, 0.29) is 0 Å². The van der Waals surface area contributed by atoms with E-state index in [4.69, 9.17) is 29.0 Å². The number of nitrogen functional groups attached to an aromatic ring is 1. The van der Waals surface area contributed by atoms with Gasteiger partial charge < -0.3 is 5.43 Å². The summed E-state index contributed by atoms with van der Waals surface area (Å²) in [4.78, 5) is 8.72. The SMILES string of the molecule is CCc1cc(NN)nc(-c2ccc(Cl)c(Cl)c2)n1. The number of benzene rings is 1. The van der Waals surface area contributed by atoms with Gasteiger partial charge in [-0.2, -0.15) is 0 Å². The van der Waals surface area contributed by atoms with Gasteiger partial charge in [0.25, 0.3) is 0 Å². The molecule has 0 aliphatic carbocycles. The van der Waals surface area contributed by atoms with Gasteiger partial charge in [-0.15, -0.1) is 0 Å². The summed E-state index contributed by atoms with van der Waals surface area (Å²) in [6.07, 6.45) is 0.797. The molecule has 2 rings (SSSR count). The molecule has 0 atom stereocenters. The highest BCUT2D eigenvalue weighted by Gasteiger charge is 2.07. The van der Waals surface area contributed by atoms with Crippen molar-refractivity contribution in [2.75, 3.05) is 5.43 Å². The van der Waals surface area contributed by atoms with Crippen LogP contribution < -0.4 is 11.3 Å². The Morgan fingerprint density at radius 2 is 1.94 bits per heavy atom. The molecule has 1 heterocycles. The first-order chi connectivity index (χ1) is 8.63. The third-order valence-corrected chi connectivity index (χ3v) is 3.21. The highest BCUT2D eigenvalue weighted by molar-refractivity contribution is 6.42. The summed E-state index contributed by atoms with van der Waals surface area (Å²) in [5.74, 6) is 6.53. The van der Waals surface area contributed by atoms with E-state index < -0.39 is 0 Å². The molecule has 4 nitrogen and oxygen atoms in total. The maximum absolute atomic E-state index is 5.98. The van der Waals surface area contributed by atoms with Crippen LogP contribution in [0.3, 0.4) is 0 Å². The summed E-state index contributed by atoms with van der Waals surface area (Å²) in [6, 6.07) is 7.08. The van der Waals surface area contributed by atoms with E-state index in [1.165, 1.54) is 0 Å². The molecule has 1 aromatic heterocycles. The van der Waals surface area contributed by atoms with Crippen molar-refractivity contribution in [1.29, 1.82) is 0 Å². The Kier molecular flexibility index (Phi) is 4.01. The fourth-order valence-electron chi connectivity index (χ4n) is 1.52. The van der Waals surface area contributed by atoms with Crippen molar-refractivity contribution in [3.05, 3.63) is 40.0 Å². The van der Waals surface area contributed by atoms with Crippen LogP contribution in [0.25, 0.3) is 11.4 Å². The second kappa shape index (κ2) is 5.52. The summed E-state index contributed by atoms with van der Waals surface area (Å²) in [5.41, 5.74) is 4.23. The molecule has 0 fully saturated rings. The van der Waals surface area contributed by atoms with E-state index in [2.05, 4.69) is 15.4 Å². The maximum Gasteiger partial charge on any atom is 0.161 e. The highest BCUT2D eigenvalue weighted by Crippen LogP contribution is 2.27. The molecule has 0 saturated heterocycles. The molecular formula is C12H12Cl2N4. The lowest BCUT2D eigenvalue weighted by Gasteiger charge is -2.07. The number of hydrogen-bond acceptors (Lipinski definition) is 4. The summed E-state index contributed by atoms with van der Waals surface area (Å²) in [6.45, 7) is 2.02. The van der Waals surface area contributed by atoms with Crippen LogP contribution in [-0.4, -0.2) is 9.97 Å². The predicted octanol–water partition coefficient (Wildman–Crippen LogP) is 3.30. The number of hydrogen-bond donors (Lipinski definition) is 2. The zero-order valence-electron chi connectivity index (χ0n) is 9.74. The number of nitrogens with zero attached hydrogens (tertiary/aromatic N) is 2. The molecular weight excluding hydrogens is 271 g/mol. The predicted molar refractivity (Wildman–Crippen MR) is 74.7 cm³/mol. The molecule has 1 aromatic carbocycles. The molecule has 18 heavy (non-hydrogen) atoms. The van der Waals surface area contributed by atoms with Crippen LogP contribution in [-0.2, 0) is 6.42 Å². The number of aromatic nitrogens is 2. The van der Waals surface area contributed by atoms with Gasteiger partial charge in [0, 0.05) is 17.3 Å². The van der Waals surface area contributed by atoms with Gasteiger partial charge in [0.2, 0.25) is 0 Å². The number of nitrogens with one attached hydrogen (secondary N) is 1. The van der Waals surface area contributed by atoms with Crippen molar-refractivity contribution >= 4 is 29.0 Å². The summed E-state index contributed by atoms with van der Waals surface area (Å²) >= 11 is 11.9. The lowest BCUT2D eigenvalue weighted by atomic mass is 10.2. The normalized spacial score (nSPS) is 10.4. The maximum atomic E-state index is 5.98. The molecule has 2 aromatic rings. The molecule has 0 aliphatic rings. The number of halogens is 2. The van der Waals surface area contributed by atoms with Crippen LogP contribution in [0.15, 0.2) is 24.3 Å². The van der Waals surface area contributed by atoms with Crippen molar-refractivity contribution in [2.24, 2.45) is 5.84 Å². The van der Waals surface area contributed by atoms with E-state index in [1.54, 1.807) is 18.2 Å².